The van der Waals surface area contributed by atoms with E-state index in [4.69, 9.17) is 18.9 Å². The third kappa shape index (κ3) is 7.90. The van der Waals surface area contributed by atoms with Gasteiger partial charge in [-0.05, 0) is 13.8 Å². The van der Waals surface area contributed by atoms with Crippen LogP contribution >= 0.6 is 15.9 Å². The lowest BCUT2D eigenvalue weighted by atomic mass is 10.1. The highest BCUT2D eigenvalue weighted by Crippen LogP contribution is 2.21. The van der Waals surface area contributed by atoms with Crippen LogP contribution in [0.4, 0.5) is 0 Å². The maximum atomic E-state index is 5.97. The van der Waals surface area contributed by atoms with Crippen molar-refractivity contribution in [2.24, 2.45) is 0 Å². The second-order valence-electron chi connectivity index (χ2n) is 5.61. The Morgan fingerprint density at radius 3 is 2.45 bits per heavy atom. The average Bonchev–Trinajstić information content (AvgIpc) is 2.40. The smallest absolute Gasteiger partial charge is 0.0806 e. The molecule has 1 heterocycles. The van der Waals surface area contributed by atoms with Crippen molar-refractivity contribution in [2.75, 3.05) is 65.1 Å². The SMILES string of the molecule is COCCOCCOCCN1CC(CBr)OC(C)(C)C1. The van der Waals surface area contributed by atoms with Crippen molar-refractivity contribution in [1.82, 2.24) is 4.90 Å². The fraction of sp³-hybridized carbons (Fsp3) is 1.00. The molecule has 0 aromatic heterocycles. The first-order chi connectivity index (χ1) is 9.57. The number of ether oxygens (including phenoxy) is 4. The standard InChI is InChI=1S/C14H28BrNO4/c1-14(2)12-16(11-13(10-15)20-14)4-5-18-8-9-19-7-6-17-3/h13H,4-12H2,1-3H3. The van der Waals surface area contributed by atoms with E-state index in [1.54, 1.807) is 7.11 Å². The van der Waals surface area contributed by atoms with Crippen LogP contribution in [0.2, 0.25) is 0 Å². The zero-order chi connectivity index (χ0) is 14.8. The minimum Gasteiger partial charge on any atom is -0.382 e. The molecule has 1 aliphatic rings. The first kappa shape index (κ1) is 18.3. The van der Waals surface area contributed by atoms with Gasteiger partial charge in [-0.1, -0.05) is 15.9 Å². The molecule has 0 amide bonds. The number of alkyl halides is 1. The number of hydrogen-bond acceptors (Lipinski definition) is 5. The molecule has 1 saturated heterocycles. The van der Waals surface area contributed by atoms with E-state index >= 15 is 0 Å². The van der Waals surface area contributed by atoms with Crippen LogP contribution in [-0.4, -0.2) is 81.7 Å². The van der Waals surface area contributed by atoms with Crippen molar-refractivity contribution in [2.45, 2.75) is 25.6 Å². The summed E-state index contributed by atoms with van der Waals surface area (Å²) in [6.45, 7) is 10.4. The fourth-order valence-corrected chi connectivity index (χ4v) is 2.66. The Balaban J connectivity index is 2.06. The molecule has 1 aliphatic heterocycles. The van der Waals surface area contributed by atoms with Gasteiger partial charge in [-0.15, -0.1) is 0 Å². The van der Waals surface area contributed by atoms with Gasteiger partial charge in [0.15, 0.2) is 0 Å². The lowest BCUT2D eigenvalue weighted by Crippen LogP contribution is -2.53. The summed E-state index contributed by atoms with van der Waals surface area (Å²) < 4.78 is 21.8. The molecule has 0 N–H and O–H groups in total. The van der Waals surface area contributed by atoms with Gasteiger partial charge in [0.2, 0.25) is 0 Å². The van der Waals surface area contributed by atoms with E-state index in [-0.39, 0.29) is 11.7 Å². The van der Waals surface area contributed by atoms with Crippen molar-refractivity contribution in [3.05, 3.63) is 0 Å². The van der Waals surface area contributed by atoms with Crippen LogP contribution in [0.3, 0.4) is 0 Å². The van der Waals surface area contributed by atoms with E-state index in [1.807, 2.05) is 0 Å². The first-order valence-electron chi connectivity index (χ1n) is 7.18. The van der Waals surface area contributed by atoms with Gasteiger partial charge in [-0.25, -0.2) is 0 Å². The Morgan fingerprint density at radius 1 is 1.15 bits per heavy atom. The molecule has 0 spiro atoms. The second kappa shape index (κ2) is 10.1. The molecule has 1 rings (SSSR count). The molecule has 0 aromatic carbocycles. The van der Waals surface area contributed by atoms with Crippen LogP contribution in [0.5, 0.6) is 0 Å². The number of methoxy groups -OCH3 is 1. The van der Waals surface area contributed by atoms with E-state index in [1.165, 1.54) is 0 Å². The molecule has 0 aliphatic carbocycles. The number of rotatable bonds is 10. The van der Waals surface area contributed by atoms with Gasteiger partial charge in [0.25, 0.3) is 0 Å². The van der Waals surface area contributed by atoms with Crippen LogP contribution in [-0.2, 0) is 18.9 Å². The van der Waals surface area contributed by atoms with Crippen molar-refractivity contribution in [1.29, 1.82) is 0 Å². The molecule has 6 heteroatoms. The van der Waals surface area contributed by atoms with E-state index in [0.717, 1.165) is 31.6 Å². The van der Waals surface area contributed by atoms with Crippen molar-refractivity contribution < 1.29 is 18.9 Å². The van der Waals surface area contributed by atoms with Crippen LogP contribution in [0.15, 0.2) is 0 Å². The summed E-state index contributed by atoms with van der Waals surface area (Å²) in [6.07, 6.45) is 0.260. The predicted octanol–water partition coefficient (Wildman–Crippen LogP) is 1.54. The van der Waals surface area contributed by atoms with Crippen LogP contribution < -0.4 is 0 Å². The van der Waals surface area contributed by atoms with E-state index in [0.29, 0.717) is 26.4 Å². The van der Waals surface area contributed by atoms with E-state index in [2.05, 4.69) is 34.7 Å². The second-order valence-corrected chi connectivity index (χ2v) is 6.25. The van der Waals surface area contributed by atoms with Crippen molar-refractivity contribution >= 4 is 15.9 Å². The Hall–Kier alpha value is 0.280. The van der Waals surface area contributed by atoms with Gasteiger partial charge >= 0.3 is 0 Å². The highest BCUT2D eigenvalue weighted by Gasteiger charge is 2.32. The number of hydrogen-bond donors (Lipinski definition) is 0. The minimum atomic E-state index is -0.0834. The van der Waals surface area contributed by atoms with E-state index in [9.17, 15) is 0 Å². The summed E-state index contributed by atoms with van der Waals surface area (Å²) in [7, 11) is 1.67. The Morgan fingerprint density at radius 2 is 1.80 bits per heavy atom. The van der Waals surface area contributed by atoms with E-state index < -0.39 is 0 Å². The molecule has 5 nitrogen and oxygen atoms in total. The number of halogens is 1. The fourth-order valence-electron chi connectivity index (χ4n) is 2.33. The normalized spacial score (nSPS) is 23.1. The summed E-state index contributed by atoms with van der Waals surface area (Å²) in [5, 5.41) is 0.876. The third-order valence-electron chi connectivity index (χ3n) is 3.08. The molecular formula is C14H28BrNO4. The van der Waals surface area contributed by atoms with Gasteiger partial charge in [-0.2, -0.15) is 0 Å². The zero-order valence-electron chi connectivity index (χ0n) is 12.9. The number of morpholine rings is 1. The molecule has 1 fully saturated rings. The zero-order valence-corrected chi connectivity index (χ0v) is 14.5. The van der Waals surface area contributed by atoms with Gasteiger partial charge in [0.1, 0.15) is 0 Å². The molecule has 1 unspecified atom stereocenters. The quantitative estimate of drug-likeness (QED) is 0.440. The van der Waals surface area contributed by atoms with Gasteiger partial charge in [0.05, 0.1) is 44.7 Å². The molecular weight excluding hydrogens is 326 g/mol. The lowest BCUT2D eigenvalue weighted by molar-refractivity contribution is -0.129. The summed E-state index contributed by atoms with van der Waals surface area (Å²) in [5.41, 5.74) is -0.0834. The molecule has 0 aromatic rings. The molecule has 1 atom stereocenters. The van der Waals surface area contributed by atoms with Crippen LogP contribution in [0, 0.1) is 0 Å². The monoisotopic (exact) mass is 353 g/mol. The Labute approximate surface area is 131 Å². The summed E-state index contributed by atoms with van der Waals surface area (Å²) in [4.78, 5) is 2.40. The largest absolute Gasteiger partial charge is 0.382 e. The van der Waals surface area contributed by atoms with Crippen LogP contribution in [0.1, 0.15) is 13.8 Å². The van der Waals surface area contributed by atoms with Crippen LogP contribution in [0.25, 0.3) is 0 Å². The van der Waals surface area contributed by atoms with Gasteiger partial charge < -0.3 is 18.9 Å². The Bertz CT molecular complexity index is 253. The topological polar surface area (TPSA) is 40.2 Å². The van der Waals surface area contributed by atoms with Crippen molar-refractivity contribution in [3.63, 3.8) is 0 Å². The summed E-state index contributed by atoms with van der Waals surface area (Å²) in [5.74, 6) is 0. The minimum absolute atomic E-state index is 0.0834. The molecule has 0 radical (unpaired) electrons. The van der Waals surface area contributed by atoms with Crippen molar-refractivity contribution in [3.8, 4) is 0 Å². The molecule has 0 saturated carbocycles. The highest BCUT2D eigenvalue weighted by molar-refractivity contribution is 9.09. The summed E-state index contributed by atoms with van der Waals surface area (Å²) in [6, 6.07) is 0. The lowest BCUT2D eigenvalue weighted by Gasteiger charge is -2.42. The summed E-state index contributed by atoms with van der Waals surface area (Å²) >= 11 is 3.50. The maximum absolute atomic E-state index is 5.97. The first-order valence-corrected chi connectivity index (χ1v) is 8.30. The molecule has 0 bridgehead atoms. The van der Waals surface area contributed by atoms with Gasteiger partial charge in [0, 0.05) is 32.1 Å². The molecule has 120 valence electrons. The average molecular weight is 354 g/mol. The van der Waals surface area contributed by atoms with Gasteiger partial charge in [-0.3, -0.25) is 4.90 Å². The highest BCUT2D eigenvalue weighted by atomic mass is 79.9. The maximum Gasteiger partial charge on any atom is 0.0806 e. The molecule has 20 heavy (non-hydrogen) atoms. The Kier molecular flexibility index (Phi) is 9.24. The predicted molar refractivity (Wildman–Crippen MR) is 82.7 cm³/mol. The third-order valence-corrected chi connectivity index (χ3v) is 3.80. The number of nitrogens with zero attached hydrogens (tertiary/aromatic N) is 1.